The molecule has 8 N–H and O–H groups in total. The van der Waals surface area contributed by atoms with E-state index in [-0.39, 0.29) is 17.2 Å². The van der Waals surface area contributed by atoms with Crippen molar-refractivity contribution in [2.24, 2.45) is 0 Å². The predicted octanol–water partition coefficient (Wildman–Crippen LogP) is -3.98. The van der Waals surface area contributed by atoms with Crippen molar-refractivity contribution >= 4 is 13.9 Å². The maximum absolute atomic E-state index is 9.86. The Labute approximate surface area is 120 Å². The van der Waals surface area contributed by atoms with Crippen LogP contribution in [0.4, 0.5) is 0 Å². The molecule has 9 heteroatoms. The van der Waals surface area contributed by atoms with Gasteiger partial charge in [0.15, 0.2) is 0 Å². The summed E-state index contributed by atoms with van der Waals surface area (Å²) < 4.78 is 0. The van der Waals surface area contributed by atoms with Crippen LogP contribution in [0.2, 0.25) is 15.5 Å². The molecule has 20 heavy (non-hydrogen) atoms. The summed E-state index contributed by atoms with van der Waals surface area (Å²) in [5.41, 5.74) is 0. The molecule has 1 unspecified atom stereocenters. The SMILES string of the molecule is OC[C@@H](O)[C@@H](O)[C@H](O)[C@H](O)C[Se+]1C[C@@H](O)[C@H](O)[C@H]1CO. The maximum atomic E-state index is 9.86. The number of rotatable bonds is 7. The van der Waals surface area contributed by atoms with Crippen molar-refractivity contribution in [1.82, 2.24) is 0 Å². The van der Waals surface area contributed by atoms with Crippen LogP contribution in [-0.2, 0) is 0 Å². The molecule has 1 aliphatic heterocycles. The average molecular weight is 362 g/mol. The van der Waals surface area contributed by atoms with Gasteiger partial charge in [-0.1, -0.05) is 0 Å². The van der Waals surface area contributed by atoms with Crippen molar-refractivity contribution in [3.8, 4) is 0 Å². The molecule has 8 nitrogen and oxygen atoms in total. The second-order valence-electron chi connectivity index (χ2n) is 4.95. The Morgan fingerprint density at radius 2 is 1.50 bits per heavy atom. The molecule has 1 aliphatic rings. The van der Waals surface area contributed by atoms with Crippen molar-refractivity contribution in [2.75, 3.05) is 13.2 Å². The van der Waals surface area contributed by atoms with E-state index in [1.165, 1.54) is 0 Å². The van der Waals surface area contributed by atoms with Crippen LogP contribution in [0.25, 0.3) is 0 Å². The molecule has 0 saturated carbocycles. The molecule has 1 fully saturated rings. The van der Waals surface area contributed by atoms with Crippen molar-refractivity contribution in [3.63, 3.8) is 0 Å². The Hall–Kier alpha value is 0.199. The summed E-state index contributed by atoms with van der Waals surface area (Å²) in [6.07, 6.45) is -8.24. The Balaban J connectivity index is 2.59. The summed E-state index contributed by atoms with van der Waals surface area (Å²) in [6, 6.07) is 0. The average Bonchev–Trinajstić information content (AvgIpc) is 2.70. The van der Waals surface area contributed by atoms with Crippen LogP contribution in [0.5, 0.6) is 0 Å². The third-order valence-electron chi connectivity index (χ3n) is 3.48. The molecule has 1 heterocycles. The number of hydrogen-bond acceptors (Lipinski definition) is 8. The zero-order chi connectivity index (χ0) is 15.4. The second-order valence-corrected chi connectivity index (χ2v) is 9.87. The van der Waals surface area contributed by atoms with Gasteiger partial charge in [0, 0.05) is 0 Å². The molecule has 120 valence electrons. The van der Waals surface area contributed by atoms with Crippen LogP contribution in [0.15, 0.2) is 0 Å². The van der Waals surface area contributed by atoms with Crippen LogP contribution < -0.4 is 0 Å². The van der Waals surface area contributed by atoms with Crippen LogP contribution in [0.1, 0.15) is 0 Å². The molecule has 0 amide bonds. The van der Waals surface area contributed by atoms with E-state index in [2.05, 4.69) is 0 Å². The van der Waals surface area contributed by atoms with Gasteiger partial charge < -0.3 is 0 Å². The van der Waals surface area contributed by atoms with Crippen molar-refractivity contribution in [2.45, 2.75) is 52.1 Å². The molecule has 0 bridgehead atoms. The van der Waals surface area contributed by atoms with Crippen molar-refractivity contribution < 1.29 is 40.9 Å². The summed E-state index contributed by atoms with van der Waals surface area (Å²) in [6.45, 7) is -1.06. The Bertz CT molecular complexity index is 294. The van der Waals surface area contributed by atoms with E-state index in [4.69, 9.17) is 5.11 Å². The second kappa shape index (κ2) is 8.00. The monoisotopic (exact) mass is 363 g/mol. The first-order valence-electron chi connectivity index (χ1n) is 6.29. The molecule has 0 aromatic carbocycles. The van der Waals surface area contributed by atoms with Crippen molar-refractivity contribution in [3.05, 3.63) is 0 Å². The first-order chi connectivity index (χ1) is 9.33. The van der Waals surface area contributed by atoms with Gasteiger partial charge in [-0.25, -0.2) is 0 Å². The van der Waals surface area contributed by atoms with Gasteiger partial charge in [-0.2, -0.15) is 0 Å². The quantitative estimate of drug-likeness (QED) is 0.213. The summed E-state index contributed by atoms with van der Waals surface area (Å²) in [7, 11) is 0. The van der Waals surface area contributed by atoms with Gasteiger partial charge in [0.2, 0.25) is 0 Å². The molecule has 1 saturated heterocycles. The normalized spacial score (nSPS) is 36.6. The number of aliphatic hydroxyl groups is 8. The van der Waals surface area contributed by atoms with E-state index in [1.807, 2.05) is 0 Å². The fraction of sp³-hybridized carbons (Fsp3) is 1.00. The van der Waals surface area contributed by atoms with Crippen LogP contribution >= 0.6 is 0 Å². The third kappa shape index (κ3) is 4.11. The first-order valence-corrected chi connectivity index (χ1v) is 9.71. The molecule has 8 atom stereocenters. The molecule has 0 radical (unpaired) electrons. The fourth-order valence-corrected chi connectivity index (χ4v) is 7.81. The minimum absolute atomic E-state index is 0.0652. The Kier molecular flexibility index (Phi) is 7.30. The standard InChI is InChI=1S/C11H23O8Se/c12-1-5(14)10(18)11(19)7(16)4-20-3-6(15)9(17)8(20)2-13/h5-19H,1-4H2/q+1/t5-,6-,7-,8-,9+,10-,11-,20?/m1/s1. The van der Waals surface area contributed by atoms with E-state index >= 15 is 0 Å². The third-order valence-corrected chi connectivity index (χ3v) is 9.40. The van der Waals surface area contributed by atoms with Gasteiger partial charge in [0.05, 0.1) is 0 Å². The van der Waals surface area contributed by atoms with Gasteiger partial charge in [0.1, 0.15) is 0 Å². The van der Waals surface area contributed by atoms with E-state index in [0.29, 0.717) is 0 Å². The first kappa shape index (κ1) is 18.2. The van der Waals surface area contributed by atoms with Gasteiger partial charge in [0.25, 0.3) is 0 Å². The molecule has 0 spiro atoms. The summed E-state index contributed by atoms with van der Waals surface area (Å²) in [5, 5.41) is 75.7. The Morgan fingerprint density at radius 1 is 0.950 bits per heavy atom. The zero-order valence-electron chi connectivity index (χ0n) is 10.9. The van der Waals surface area contributed by atoms with Gasteiger partial charge in [-0.05, 0) is 0 Å². The van der Waals surface area contributed by atoms with E-state index in [0.717, 1.165) is 0 Å². The fourth-order valence-electron chi connectivity index (χ4n) is 2.17. The van der Waals surface area contributed by atoms with Gasteiger partial charge >= 0.3 is 120 Å². The number of aliphatic hydroxyl groups excluding tert-OH is 8. The van der Waals surface area contributed by atoms with Crippen LogP contribution in [-0.4, -0.2) is 105 Å². The predicted molar refractivity (Wildman–Crippen MR) is 69.3 cm³/mol. The van der Waals surface area contributed by atoms with E-state index in [9.17, 15) is 35.7 Å². The molecule has 1 rings (SSSR count). The molecule has 0 aliphatic carbocycles. The van der Waals surface area contributed by atoms with Gasteiger partial charge in [-0.3, -0.25) is 0 Å². The van der Waals surface area contributed by atoms with Crippen molar-refractivity contribution in [1.29, 1.82) is 0 Å². The van der Waals surface area contributed by atoms with E-state index in [1.54, 1.807) is 0 Å². The number of hydrogen-bond donors (Lipinski definition) is 8. The minimum atomic E-state index is -1.77. The van der Waals surface area contributed by atoms with Gasteiger partial charge in [-0.15, -0.1) is 0 Å². The molecular weight excluding hydrogens is 339 g/mol. The summed E-state index contributed by atoms with van der Waals surface area (Å²) >= 11 is -1.77. The summed E-state index contributed by atoms with van der Waals surface area (Å²) in [4.78, 5) is -0.494. The van der Waals surface area contributed by atoms with E-state index < -0.39 is 61.9 Å². The molecular formula is C11H23O8Se+. The zero-order valence-corrected chi connectivity index (χ0v) is 12.6. The topological polar surface area (TPSA) is 162 Å². The summed E-state index contributed by atoms with van der Waals surface area (Å²) in [5.74, 6) is 0. The van der Waals surface area contributed by atoms with Crippen LogP contribution in [0.3, 0.4) is 0 Å². The van der Waals surface area contributed by atoms with Crippen LogP contribution in [0, 0.1) is 0 Å². The Morgan fingerprint density at radius 3 is 2.00 bits per heavy atom. The molecule has 0 aromatic heterocycles. The molecule has 0 aromatic rings.